The van der Waals surface area contributed by atoms with Crippen molar-refractivity contribution in [3.05, 3.63) is 101 Å². The first-order valence-electron chi connectivity index (χ1n) is 10.5. The first-order valence-corrected chi connectivity index (χ1v) is 12.2. The van der Waals surface area contributed by atoms with Crippen molar-refractivity contribution in [3.63, 3.8) is 0 Å². The van der Waals surface area contributed by atoms with E-state index in [1.807, 2.05) is 17.5 Å². The summed E-state index contributed by atoms with van der Waals surface area (Å²) in [4.78, 5) is 53.3. The molecule has 184 valence electrons. The number of nitrogens with zero attached hydrogens (tertiary/aromatic N) is 1. The molecule has 4 aromatic rings. The second-order valence-electron chi connectivity index (χ2n) is 7.71. The van der Waals surface area contributed by atoms with Crippen LogP contribution in [0.4, 0.5) is 17.1 Å². The van der Waals surface area contributed by atoms with Crippen LogP contribution >= 0.6 is 34.5 Å². The van der Waals surface area contributed by atoms with Gasteiger partial charge in [-0.2, -0.15) is 0 Å². The van der Waals surface area contributed by atoms with Gasteiger partial charge in [0.15, 0.2) is 0 Å². The lowest BCUT2D eigenvalue weighted by Gasteiger charge is -2.20. The lowest BCUT2D eigenvalue weighted by atomic mass is 10.0. The van der Waals surface area contributed by atoms with E-state index in [0.29, 0.717) is 17.7 Å². The number of aliphatic carboxylic acids is 1. The zero-order valence-electron chi connectivity index (χ0n) is 18.4. The van der Waals surface area contributed by atoms with Crippen LogP contribution in [0, 0.1) is 0 Å². The van der Waals surface area contributed by atoms with Crippen LogP contribution in [0.1, 0.15) is 20.8 Å². The number of pyridine rings is 1. The van der Waals surface area contributed by atoms with Gasteiger partial charge in [-0.1, -0.05) is 41.4 Å². The molecule has 4 rings (SSSR count). The fraction of sp³-hybridized carbons (Fsp3) is 0.125. The molecule has 2 aromatic carbocycles. The number of carboxylic acid groups (broad SMARTS) is 1. The Kier molecular flexibility index (Phi) is 7.68. The van der Waals surface area contributed by atoms with Crippen LogP contribution in [0.25, 0.3) is 0 Å². The van der Waals surface area contributed by atoms with Crippen LogP contribution in [0.3, 0.4) is 0 Å². The fourth-order valence-corrected chi connectivity index (χ4v) is 4.51. The maximum atomic E-state index is 12.6. The number of amides is 1. The molecule has 12 heteroatoms. The number of thiophene rings is 1. The topological polar surface area (TPSA) is 137 Å². The van der Waals surface area contributed by atoms with Gasteiger partial charge in [-0.15, -0.1) is 11.3 Å². The monoisotopic (exact) mass is 544 g/mol. The van der Waals surface area contributed by atoms with Gasteiger partial charge in [0.1, 0.15) is 17.4 Å². The molecule has 9 nitrogen and oxygen atoms in total. The van der Waals surface area contributed by atoms with E-state index in [4.69, 9.17) is 23.2 Å². The van der Waals surface area contributed by atoms with E-state index in [1.54, 1.807) is 12.1 Å². The van der Waals surface area contributed by atoms with Crippen molar-refractivity contribution in [1.29, 1.82) is 0 Å². The Morgan fingerprint density at radius 3 is 2.25 bits per heavy atom. The van der Waals surface area contributed by atoms with Gasteiger partial charge in [0.25, 0.3) is 16.8 Å². The molecular formula is C24H18Cl2N4O5S. The van der Waals surface area contributed by atoms with E-state index < -0.39 is 28.8 Å². The molecule has 0 unspecified atom stereocenters. The molecule has 0 bridgehead atoms. The van der Waals surface area contributed by atoms with E-state index in [-0.39, 0.29) is 33.5 Å². The van der Waals surface area contributed by atoms with E-state index in [2.05, 4.69) is 20.9 Å². The molecule has 0 aliphatic rings. The highest BCUT2D eigenvalue weighted by Gasteiger charge is 2.27. The van der Waals surface area contributed by atoms with E-state index in [1.165, 1.54) is 35.9 Å². The summed E-state index contributed by atoms with van der Waals surface area (Å²) in [7, 11) is 0. The summed E-state index contributed by atoms with van der Waals surface area (Å²) in [6.45, 7) is 0.342. The number of benzene rings is 1. The Hall–Kier alpha value is -3.73. The normalized spacial score (nSPS) is 11.7. The van der Waals surface area contributed by atoms with Gasteiger partial charge < -0.3 is 21.1 Å². The number of carbonyl (C=O) groups is 2. The standard InChI is InChI=1S/C24H18Cl2N4O5S/c25-15-10-27-11-16(26)18(15)30-23(33)13-5-3-12(4-6-13)8-17(24(34)35)29-20-19(21(31)22(20)32)28-9-14-2-1-7-36-14/h1-7,10-11,17,28-29H,8-9H2,(H,34,35)(H,27,30,33)/t17-/m0/s1. The Morgan fingerprint density at radius 1 is 0.972 bits per heavy atom. The Labute approximate surface area is 218 Å². The summed E-state index contributed by atoms with van der Waals surface area (Å²) in [6.07, 6.45) is 2.71. The van der Waals surface area contributed by atoms with Crippen molar-refractivity contribution < 1.29 is 14.7 Å². The minimum atomic E-state index is -1.20. The molecular weight excluding hydrogens is 527 g/mol. The molecule has 4 N–H and O–H groups in total. The molecule has 0 aliphatic heterocycles. The maximum Gasteiger partial charge on any atom is 0.326 e. The summed E-state index contributed by atoms with van der Waals surface area (Å²) >= 11 is 13.5. The molecule has 36 heavy (non-hydrogen) atoms. The number of aromatic nitrogens is 1. The van der Waals surface area contributed by atoms with Crippen LogP contribution in [0.2, 0.25) is 10.0 Å². The minimum Gasteiger partial charge on any atom is -0.480 e. The molecule has 0 spiro atoms. The van der Waals surface area contributed by atoms with Crippen LogP contribution in [0.5, 0.6) is 0 Å². The third kappa shape index (κ3) is 5.56. The van der Waals surface area contributed by atoms with Gasteiger partial charge in [-0.3, -0.25) is 19.4 Å². The first kappa shape index (κ1) is 25.4. The fourth-order valence-electron chi connectivity index (χ4n) is 3.41. The largest absolute Gasteiger partial charge is 0.480 e. The number of hydrogen-bond donors (Lipinski definition) is 4. The van der Waals surface area contributed by atoms with Crippen molar-refractivity contribution >= 4 is 63.5 Å². The van der Waals surface area contributed by atoms with E-state index in [9.17, 15) is 24.3 Å². The lowest BCUT2D eigenvalue weighted by Crippen LogP contribution is -2.42. The first-order chi connectivity index (χ1) is 17.2. The molecule has 0 aliphatic carbocycles. The van der Waals surface area contributed by atoms with Gasteiger partial charge in [0.2, 0.25) is 0 Å². The quantitative estimate of drug-likeness (QED) is 0.219. The summed E-state index contributed by atoms with van der Waals surface area (Å²) in [5.74, 6) is -1.66. The summed E-state index contributed by atoms with van der Waals surface area (Å²) in [6, 6.07) is 8.81. The molecule has 0 radical (unpaired) electrons. The van der Waals surface area contributed by atoms with Crippen molar-refractivity contribution in [3.8, 4) is 0 Å². The number of hydrogen-bond acceptors (Lipinski definition) is 8. The van der Waals surface area contributed by atoms with Crippen LogP contribution in [-0.2, 0) is 17.8 Å². The number of rotatable bonds is 10. The molecule has 0 fully saturated rings. The second kappa shape index (κ2) is 10.9. The van der Waals surface area contributed by atoms with Gasteiger partial charge in [0, 0.05) is 35.8 Å². The van der Waals surface area contributed by atoms with Crippen molar-refractivity contribution in [1.82, 2.24) is 4.98 Å². The molecule has 2 aromatic heterocycles. The third-order valence-electron chi connectivity index (χ3n) is 5.29. The number of halogens is 2. The van der Waals surface area contributed by atoms with Gasteiger partial charge >= 0.3 is 5.97 Å². The molecule has 2 heterocycles. The van der Waals surface area contributed by atoms with Crippen LogP contribution < -0.4 is 26.8 Å². The number of nitrogens with one attached hydrogen (secondary N) is 3. The predicted octanol–water partition coefficient (Wildman–Crippen LogP) is 4.02. The Balaban J connectivity index is 1.43. The maximum absolute atomic E-state index is 12.6. The average molecular weight is 545 g/mol. The summed E-state index contributed by atoms with van der Waals surface area (Å²) in [5, 5.41) is 20.1. The number of carbonyl (C=O) groups excluding carboxylic acids is 1. The molecule has 0 saturated heterocycles. The highest BCUT2D eigenvalue weighted by molar-refractivity contribution is 7.09. The highest BCUT2D eigenvalue weighted by Crippen LogP contribution is 2.29. The predicted molar refractivity (Wildman–Crippen MR) is 140 cm³/mol. The van der Waals surface area contributed by atoms with Crippen molar-refractivity contribution in [2.24, 2.45) is 0 Å². The zero-order chi connectivity index (χ0) is 25.8. The third-order valence-corrected chi connectivity index (χ3v) is 6.74. The minimum absolute atomic E-state index is 0.00240. The Morgan fingerprint density at radius 2 is 1.64 bits per heavy atom. The Bertz CT molecular complexity index is 1460. The smallest absolute Gasteiger partial charge is 0.326 e. The van der Waals surface area contributed by atoms with Crippen molar-refractivity contribution in [2.45, 2.75) is 19.0 Å². The summed E-state index contributed by atoms with van der Waals surface area (Å²) < 4.78 is 0. The van der Waals surface area contributed by atoms with Gasteiger partial charge in [-0.25, -0.2) is 4.79 Å². The molecule has 1 amide bonds. The summed E-state index contributed by atoms with van der Waals surface area (Å²) in [5.41, 5.74) is -0.318. The van der Waals surface area contributed by atoms with E-state index >= 15 is 0 Å². The van der Waals surface area contributed by atoms with Gasteiger partial charge in [-0.05, 0) is 29.1 Å². The van der Waals surface area contributed by atoms with Crippen LogP contribution in [0.15, 0.2) is 63.8 Å². The van der Waals surface area contributed by atoms with Crippen molar-refractivity contribution in [2.75, 3.05) is 16.0 Å². The number of carboxylic acids is 1. The molecule has 0 saturated carbocycles. The highest BCUT2D eigenvalue weighted by atomic mass is 35.5. The van der Waals surface area contributed by atoms with Gasteiger partial charge in [0.05, 0.1) is 15.7 Å². The molecule has 1 atom stereocenters. The number of anilines is 3. The second-order valence-corrected chi connectivity index (χ2v) is 9.56. The lowest BCUT2D eigenvalue weighted by molar-refractivity contribution is -0.137. The SMILES string of the molecule is O=C(Nc1c(Cl)cncc1Cl)c1ccc(C[C@H](Nc2c(NCc3cccs3)c(=O)c2=O)C(=O)O)cc1. The van der Waals surface area contributed by atoms with E-state index in [0.717, 1.165) is 4.88 Å². The average Bonchev–Trinajstić information content (AvgIpc) is 3.38. The zero-order valence-corrected chi connectivity index (χ0v) is 20.7. The van der Waals surface area contributed by atoms with Crippen LogP contribution in [-0.4, -0.2) is 28.0 Å².